The number of nitrogens with zero attached hydrogens (tertiary/aromatic N) is 1. The lowest BCUT2D eigenvalue weighted by Crippen LogP contribution is -2.56. The summed E-state index contributed by atoms with van der Waals surface area (Å²) in [5.41, 5.74) is 3.99. The minimum absolute atomic E-state index is 0.0140. The van der Waals surface area contributed by atoms with Gasteiger partial charge in [0.05, 0.1) is 12.3 Å². The van der Waals surface area contributed by atoms with Crippen LogP contribution in [0.3, 0.4) is 0 Å². The van der Waals surface area contributed by atoms with Crippen molar-refractivity contribution in [3.8, 4) is 0 Å². The zero-order chi connectivity index (χ0) is 13.2. The molecule has 3 N–H and O–H groups in total. The minimum Gasteiger partial charge on any atom is -0.369 e. The zero-order valence-corrected chi connectivity index (χ0v) is 9.48. The predicted molar refractivity (Wildman–Crippen MR) is 59.4 cm³/mol. The van der Waals surface area contributed by atoms with Crippen LogP contribution < -0.4 is 11.1 Å². The molecule has 0 aliphatic carbocycles. The van der Waals surface area contributed by atoms with Crippen LogP contribution in [-0.4, -0.2) is 36.7 Å². The summed E-state index contributed by atoms with van der Waals surface area (Å²) in [5, 5.41) is 2.51. The Hall–Kier alpha value is -2.02. The van der Waals surface area contributed by atoms with Crippen molar-refractivity contribution in [2.24, 2.45) is 5.73 Å². The predicted octanol–water partition coefficient (Wildman–Crippen LogP) is -0.508. The Balaban J connectivity index is 2.40. The molecule has 1 saturated heterocycles. The number of rotatable bonds is 3. The number of amides is 2. The summed E-state index contributed by atoms with van der Waals surface area (Å²) in [6, 6.07) is 4.46. The first-order valence-electron chi connectivity index (χ1n) is 5.29. The molecule has 2 amide bonds. The summed E-state index contributed by atoms with van der Waals surface area (Å²) in [5.74, 6) is -1.14. The molecule has 1 unspecified atom stereocenters. The fourth-order valence-corrected chi connectivity index (χ4v) is 1.77. The van der Waals surface area contributed by atoms with Gasteiger partial charge in [0.15, 0.2) is 0 Å². The molecule has 1 fully saturated rings. The van der Waals surface area contributed by atoms with Crippen LogP contribution >= 0.6 is 0 Å². The van der Waals surface area contributed by atoms with E-state index < -0.39 is 24.0 Å². The average Bonchev–Trinajstić information content (AvgIpc) is 2.38. The molecule has 0 aromatic carbocycles. The standard InChI is InChI=1S/C11H12FN3O3/c12-5-11(6-18-4-9(16)15-11)8-3-1-2-7(14-8)10(13)17/h1-3H,4-6H2,(H2,13,17)(H,15,16). The van der Waals surface area contributed by atoms with Crippen molar-refractivity contribution in [1.29, 1.82) is 0 Å². The molecule has 0 saturated carbocycles. The van der Waals surface area contributed by atoms with Gasteiger partial charge in [-0.3, -0.25) is 9.59 Å². The van der Waals surface area contributed by atoms with E-state index in [2.05, 4.69) is 10.3 Å². The second-order valence-corrected chi connectivity index (χ2v) is 4.03. The maximum Gasteiger partial charge on any atom is 0.267 e. The number of aromatic nitrogens is 1. The number of ether oxygens (including phenoxy) is 1. The van der Waals surface area contributed by atoms with E-state index in [1.54, 1.807) is 0 Å². The molecule has 18 heavy (non-hydrogen) atoms. The van der Waals surface area contributed by atoms with E-state index in [9.17, 15) is 14.0 Å². The van der Waals surface area contributed by atoms with E-state index in [1.165, 1.54) is 18.2 Å². The number of carbonyl (C=O) groups excluding carboxylic acids is 2. The Morgan fingerprint density at radius 3 is 3.00 bits per heavy atom. The summed E-state index contributed by atoms with van der Waals surface area (Å²) in [4.78, 5) is 26.3. The van der Waals surface area contributed by atoms with Crippen molar-refractivity contribution in [2.45, 2.75) is 5.54 Å². The Bertz CT molecular complexity index is 494. The van der Waals surface area contributed by atoms with E-state index in [-0.39, 0.29) is 24.6 Å². The maximum absolute atomic E-state index is 13.3. The number of primary amides is 1. The van der Waals surface area contributed by atoms with Gasteiger partial charge in [0.1, 0.15) is 24.5 Å². The number of hydrogen-bond acceptors (Lipinski definition) is 4. The summed E-state index contributed by atoms with van der Waals surface area (Å²) in [6.45, 7) is -1.03. The van der Waals surface area contributed by atoms with Crippen LogP contribution in [0.5, 0.6) is 0 Å². The van der Waals surface area contributed by atoms with Crippen molar-refractivity contribution < 1.29 is 18.7 Å². The van der Waals surface area contributed by atoms with Crippen LogP contribution in [0.1, 0.15) is 16.2 Å². The summed E-state index contributed by atoms with van der Waals surface area (Å²) in [7, 11) is 0. The number of nitrogens with one attached hydrogen (secondary N) is 1. The summed E-state index contributed by atoms with van der Waals surface area (Å²) in [6.07, 6.45) is 0. The van der Waals surface area contributed by atoms with Crippen molar-refractivity contribution in [3.05, 3.63) is 29.6 Å². The van der Waals surface area contributed by atoms with Gasteiger partial charge in [-0.2, -0.15) is 0 Å². The monoisotopic (exact) mass is 253 g/mol. The van der Waals surface area contributed by atoms with E-state index in [4.69, 9.17) is 10.5 Å². The van der Waals surface area contributed by atoms with Crippen LogP contribution in [0.25, 0.3) is 0 Å². The smallest absolute Gasteiger partial charge is 0.267 e. The second-order valence-electron chi connectivity index (χ2n) is 4.03. The third kappa shape index (κ3) is 2.17. The third-order valence-electron chi connectivity index (χ3n) is 2.68. The molecule has 7 heteroatoms. The van der Waals surface area contributed by atoms with Gasteiger partial charge >= 0.3 is 0 Å². The number of nitrogens with two attached hydrogens (primary N) is 1. The van der Waals surface area contributed by atoms with Crippen molar-refractivity contribution >= 4 is 11.8 Å². The molecule has 1 aromatic rings. The summed E-state index contributed by atoms with van der Waals surface area (Å²) < 4.78 is 18.3. The van der Waals surface area contributed by atoms with Gasteiger partial charge in [-0.25, -0.2) is 9.37 Å². The molecule has 1 atom stereocenters. The molecule has 1 aliphatic rings. The lowest BCUT2D eigenvalue weighted by Gasteiger charge is -2.34. The molecule has 96 valence electrons. The Morgan fingerprint density at radius 1 is 1.61 bits per heavy atom. The molecular formula is C11H12FN3O3. The fourth-order valence-electron chi connectivity index (χ4n) is 1.77. The molecule has 1 aromatic heterocycles. The Labute approximate surface area is 102 Å². The Morgan fingerprint density at radius 2 is 2.39 bits per heavy atom. The highest BCUT2D eigenvalue weighted by Crippen LogP contribution is 2.23. The first-order chi connectivity index (χ1) is 8.57. The quantitative estimate of drug-likeness (QED) is 0.758. The number of pyridine rings is 1. The summed E-state index contributed by atoms with van der Waals surface area (Å²) >= 11 is 0. The largest absolute Gasteiger partial charge is 0.369 e. The number of halogens is 1. The van der Waals surface area contributed by atoms with Gasteiger partial charge < -0.3 is 15.8 Å². The van der Waals surface area contributed by atoms with Crippen molar-refractivity contribution in [1.82, 2.24) is 10.3 Å². The van der Waals surface area contributed by atoms with Gasteiger partial charge in [-0.15, -0.1) is 0 Å². The fraction of sp³-hybridized carbons (Fsp3) is 0.364. The van der Waals surface area contributed by atoms with E-state index in [0.717, 1.165) is 0 Å². The van der Waals surface area contributed by atoms with Gasteiger partial charge in [0.2, 0.25) is 5.91 Å². The Kier molecular flexibility index (Phi) is 3.24. The van der Waals surface area contributed by atoms with Crippen molar-refractivity contribution in [2.75, 3.05) is 19.9 Å². The van der Waals surface area contributed by atoms with Crippen molar-refractivity contribution in [3.63, 3.8) is 0 Å². The zero-order valence-electron chi connectivity index (χ0n) is 9.48. The SMILES string of the molecule is NC(=O)c1cccc(C2(CF)COCC(=O)N2)n1. The van der Waals surface area contributed by atoms with E-state index in [0.29, 0.717) is 0 Å². The maximum atomic E-state index is 13.3. The highest BCUT2D eigenvalue weighted by Gasteiger charge is 2.39. The topological polar surface area (TPSA) is 94.3 Å². The van der Waals surface area contributed by atoms with Crippen LogP contribution in [0.2, 0.25) is 0 Å². The molecular weight excluding hydrogens is 241 g/mol. The number of morpholine rings is 1. The highest BCUT2D eigenvalue weighted by molar-refractivity contribution is 5.90. The van der Waals surface area contributed by atoms with Crippen LogP contribution in [0, 0.1) is 0 Å². The van der Waals surface area contributed by atoms with Crippen LogP contribution in [0.15, 0.2) is 18.2 Å². The van der Waals surface area contributed by atoms with Crippen LogP contribution in [0.4, 0.5) is 4.39 Å². The molecule has 0 radical (unpaired) electrons. The molecule has 0 spiro atoms. The molecule has 6 nitrogen and oxygen atoms in total. The molecule has 1 aliphatic heterocycles. The second kappa shape index (κ2) is 4.69. The van der Waals surface area contributed by atoms with Gasteiger partial charge in [0.25, 0.3) is 5.91 Å². The lowest BCUT2D eigenvalue weighted by atomic mass is 9.95. The third-order valence-corrected chi connectivity index (χ3v) is 2.68. The first kappa shape index (κ1) is 12.4. The number of hydrogen-bond donors (Lipinski definition) is 2. The number of alkyl halides is 1. The molecule has 0 bridgehead atoms. The van der Waals surface area contributed by atoms with Crippen LogP contribution in [-0.2, 0) is 15.1 Å². The molecule has 2 rings (SSSR count). The van der Waals surface area contributed by atoms with Gasteiger partial charge in [-0.05, 0) is 12.1 Å². The van der Waals surface area contributed by atoms with E-state index in [1.807, 2.05) is 0 Å². The average molecular weight is 253 g/mol. The van der Waals surface area contributed by atoms with E-state index >= 15 is 0 Å². The first-order valence-corrected chi connectivity index (χ1v) is 5.29. The normalized spacial score (nSPS) is 23.5. The van der Waals surface area contributed by atoms with Gasteiger partial charge in [0, 0.05) is 0 Å². The molecule has 2 heterocycles. The number of carbonyl (C=O) groups is 2. The lowest BCUT2D eigenvalue weighted by molar-refractivity contribution is -0.136. The van der Waals surface area contributed by atoms with Gasteiger partial charge in [-0.1, -0.05) is 6.07 Å². The highest BCUT2D eigenvalue weighted by atomic mass is 19.1. The minimum atomic E-state index is -1.35.